The van der Waals surface area contributed by atoms with E-state index < -0.39 is 102 Å². The number of Topliss-reactive ketones (excluding diaryl/α,β-unsaturated/α-hetero) is 1. The summed E-state index contributed by atoms with van der Waals surface area (Å²) in [6, 6.07) is -0.283. The number of hydrogen-bond donors (Lipinski definition) is 4. The van der Waals surface area contributed by atoms with E-state index in [-0.39, 0.29) is 37.2 Å². The molecule has 0 bridgehead atoms. The van der Waals surface area contributed by atoms with Crippen molar-refractivity contribution in [3.05, 3.63) is 0 Å². The number of esters is 1. The van der Waals surface area contributed by atoms with Gasteiger partial charge in [-0.3, -0.25) is 9.59 Å². The number of likely N-dealkylation sites (N-methyl/N-ethyl adjacent to an activating group) is 1. The van der Waals surface area contributed by atoms with Gasteiger partial charge in [-0.15, -0.1) is 0 Å². The van der Waals surface area contributed by atoms with Crippen LogP contribution in [0.3, 0.4) is 0 Å². The van der Waals surface area contributed by atoms with E-state index in [1.807, 2.05) is 32.8 Å². The minimum absolute atomic E-state index is 0.111. The number of cyclic esters (lactones) is 1. The van der Waals surface area contributed by atoms with Crippen LogP contribution in [0.15, 0.2) is 0 Å². The zero-order valence-corrected chi connectivity index (χ0v) is 33.9. The number of aliphatic hydroxyl groups is 4. The summed E-state index contributed by atoms with van der Waals surface area (Å²) >= 11 is 0. The van der Waals surface area contributed by atoms with E-state index in [0.29, 0.717) is 6.42 Å². The van der Waals surface area contributed by atoms with E-state index in [4.69, 9.17) is 33.2 Å². The smallest absolute Gasteiger partial charge is 0.311 e. The van der Waals surface area contributed by atoms with Crippen LogP contribution >= 0.6 is 0 Å². The maximum atomic E-state index is 14.2. The molecule has 14 heteroatoms. The van der Waals surface area contributed by atoms with Gasteiger partial charge in [0.1, 0.15) is 29.7 Å². The molecule has 52 heavy (non-hydrogen) atoms. The van der Waals surface area contributed by atoms with Crippen LogP contribution in [-0.4, -0.2) is 150 Å². The molecule has 0 aromatic rings. The number of carbonyl (C=O) groups is 2. The fourth-order valence-corrected chi connectivity index (χ4v) is 8.58. The molecule has 0 radical (unpaired) electrons. The molecule has 3 fully saturated rings. The number of ether oxygens (including phenoxy) is 7. The Morgan fingerprint density at radius 1 is 0.846 bits per heavy atom. The second kappa shape index (κ2) is 17.7. The lowest BCUT2D eigenvalue weighted by atomic mass is 9.74. The average molecular weight is 748 g/mol. The molecule has 0 spiro atoms. The van der Waals surface area contributed by atoms with Crippen LogP contribution in [0.1, 0.15) is 94.9 Å². The summed E-state index contributed by atoms with van der Waals surface area (Å²) in [5.41, 5.74) is -4.24. The third kappa shape index (κ3) is 9.38. The zero-order chi connectivity index (χ0) is 39.7. The van der Waals surface area contributed by atoms with E-state index in [0.717, 1.165) is 0 Å². The molecule has 3 unspecified atom stereocenters. The average Bonchev–Trinajstić information content (AvgIpc) is 3.09. The standard InChI is InChI=1S/C38H69NO13/c1-15-26-38(10,45)31(42)21(4)28(40)19(2)17-37(9,47-14)33(52-35-29(41)25(39(11)12)16-20(3)48-35)22(5)30(23(6)34(44)50-26)51-27-18-36(8,46-13)32(43)24(7)49-27/h19-27,29-33,35,41-43,45H,15-18H2,1-14H3/t19-,20?,21+,22+,23-,24?,25-,26-,27+,29?,30+,31-,32+,33-,35+,36+,37-,38-/m1/s1. The van der Waals surface area contributed by atoms with E-state index in [2.05, 4.69) is 0 Å². The van der Waals surface area contributed by atoms with Crippen LogP contribution in [0, 0.1) is 23.7 Å². The number of ketones is 1. The number of methoxy groups -OCH3 is 2. The second-order valence-electron chi connectivity index (χ2n) is 16.6. The summed E-state index contributed by atoms with van der Waals surface area (Å²) in [5, 5.41) is 45.6. The summed E-state index contributed by atoms with van der Waals surface area (Å²) in [7, 11) is 6.77. The molecule has 3 rings (SSSR count). The Morgan fingerprint density at radius 3 is 1.98 bits per heavy atom. The molecule has 0 saturated carbocycles. The van der Waals surface area contributed by atoms with Crippen molar-refractivity contribution in [2.24, 2.45) is 23.7 Å². The highest BCUT2D eigenvalue weighted by molar-refractivity contribution is 5.83. The Kier molecular flexibility index (Phi) is 15.3. The summed E-state index contributed by atoms with van der Waals surface area (Å²) in [4.78, 5) is 30.1. The zero-order valence-electron chi connectivity index (χ0n) is 33.9. The Morgan fingerprint density at radius 2 is 1.44 bits per heavy atom. The minimum atomic E-state index is -1.96. The van der Waals surface area contributed by atoms with Crippen molar-refractivity contribution >= 4 is 11.8 Å². The fourth-order valence-electron chi connectivity index (χ4n) is 8.58. The van der Waals surface area contributed by atoms with E-state index in [9.17, 15) is 30.0 Å². The van der Waals surface area contributed by atoms with E-state index >= 15 is 0 Å². The maximum absolute atomic E-state index is 14.2. The lowest BCUT2D eigenvalue weighted by Crippen LogP contribution is -2.61. The van der Waals surface area contributed by atoms with Gasteiger partial charge in [0.05, 0.1) is 47.6 Å². The molecule has 4 N–H and O–H groups in total. The molecule has 3 aliphatic rings. The lowest BCUT2D eigenvalue weighted by Gasteiger charge is -2.50. The lowest BCUT2D eigenvalue weighted by molar-refractivity contribution is -0.319. The minimum Gasteiger partial charge on any atom is -0.459 e. The predicted molar refractivity (Wildman–Crippen MR) is 191 cm³/mol. The molecular formula is C38H69NO13. The van der Waals surface area contributed by atoms with Crippen LogP contribution in [-0.2, 0) is 42.7 Å². The molecule has 3 heterocycles. The Labute approximate surface area is 310 Å². The number of carbonyl (C=O) groups excluding carboxylic acids is 2. The Bertz CT molecular complexity index is 1190. The van der Waals surface area contributed by atoms with Crippen LogP contribution in [0.4, 0.5) is 0 Å². The van der Waals surface area contributed by atoms with Gasteiger partial charge < -0.3 is 58.5 Å². The van der Waals surface area contributed by atoms with Crippen molar-refractivity contribution in [3.8, 4) is 0 Å². The van der Waals surface area contributed by atoms with Gasteiger partial charge in [0, 0.05) is 44.4 Å². The third-order valence-corrected chi connectivity index (χ3v) is 12.3. The summed E-state index contributed by atoms with van der Waals surface area (Å²) in [6.45, 7) is 17.1. The fraction of sp³-hybridized carbons (Fsp3) is 0.947. The van der Waals surface area contributed by atoms with Crippen LogP contribution in [0.5, 0.6) is 0 Å². The molecule has 304 valence electrons. The van der Waals surface area contributed by atoms with Gasteiger partial charge in [-0.1, -0.05) is 27.7 Å². The van der Waals surface area contributed by atoms with Crippen LogP contribution < -0.4 is 0 Å². The molecule has 0 aromatic carbocycles. The SMILES string of the molecule is CC[C@H]1OC(=O)[C@H](C)[C@@H](O[C@H]2C[C@](C)(OC)[C@@H](O)C(C)O2)[C@H](C)[C@@H](O[C@@H]2OC(C)C[C@@H](N(C)C)C2O)[C@](C)(OC)C[C@@H](C)C(=O)[C@H](C)[C@@H](O)[C@]1(C)O. The first-order valence-corrected chi connectivity index (χ1v) is 18.9. The van der Waals surface area contributed by atoms with Crippen molar-refractivity contribution in [1.29, 1.82) is 0 Å². The van der Waals surface area contributed by atoms with E-state index in [1.54, 1.807) is 48.5 Å². The summed E-state index contributed by atoms with van der Waals surface area (Å²) in [6.07, 6.45) is -8.73. The van der Waals surface area contributed by atoms with Crippen molar-refractivity contribution in [2.45, 2.75) is 179 Å². The van der Waals surface area contributed by atoms with Gasteiger partial charge in [-0.05, 0) is 74.9 Å². The Balaban J connectivity index is 2.22. The van der Waals surface area contributed by atoms with Gasteiger partial charge in [0.15, 0.2) is 12.6 Å². The monoisotopic (exact) mass is 747 g/mol. The number of nitrogens with zero attached hydrogens (tertiary/aromatic N) is 1. The molecule has 0 aliphatic carbocycles. The quantitative estimate of drug-likeness (QED) is 0.266. The van der Waals surface area contributed by atoms with Crippen LogP contribution in [0.25, 0.3) is 0 Å². The van der Waals surface area contributed by atoms with Crippen LogP contribution in [0.2, 0.25) is 0 Å². The molecule has 18 atom stereocenters. The van der Waals surface area contributed by atoms with Gasteiger partial charge >= 0.3 is 5.97 Å². The van der Waals surface area contributed by atoms with Gasteiger partial charge in [0.25, 0.3) is 0 Å². The third-order valence-electron chi connectivity index (χ3n) is 12.3. The maximum Gasteiger partial charge on any atom is 0.311 e. The number of rotatable bonds is 8. The van der Waals surface area contributed by atoms with Crippen molar-refractivity contribution in [1.82, 2.24) is 4.90 Å². The molecule has 14 nitrogen and oxygen atoms in total. The number of aliphatic hydroxyl groups excluding tert-OH is 3. The first-order chi connectivity index (χ1) is 24.0. The molecule has 3 aliphatic heterocycles. The highest BCUT2D eigenvalue weighted by atomic mass is 16.7. The van der Waals surface area contributed by atoms with Gasteiger partial charge in [-0.25, -0.2) is 0 Å². The number of hydrogen-bond acceptors (Lipinski definition) is 14. The highest BCUT2D eigenvalue weighted by Gasteiger charge is 2.54. The first kappa shape index (κ1) is 45.1. The van der Waals surface area contributed by atoms with Crippen molar-refractivity contribution in [3.63, 3.8) is 0 Å². The highest BCUT2D eigenvalue weighted by Crippen LogP contribution is 2.41. The Hall–Kier alpha value is -1.30. The summed E-state index contributed by atoms with van der Waals surface area (Å²) < 4.78 is 43.9. The van der Waals surface area contributed by atoms with Crippen molar-refractivity contribution < 1.29 is 63.2 Å². The van der Waals surface area contributed by atoms with E-state index in [1.165, 1.54) is 21.1 Å². The summed E-state index contributed by atoms with van der Waals surface area (Å²) in [5.74, 6) is -4.47. The van der Waals surface area contributed by atoms with Crippen molar-refractivity contribution in [2.75, 3.05) is 28.3 Å². The second-order valence-corrected chi connectivity index (χ2v) is 16.6. The van der Waals surface area contributed by atoms with Gasteiger partial charge in [0.2, 0.25) is 0 Å². The largest absolute Gasteiger partial charge is 0.459 e. The molecule has 0 aromatic heterocycles. The first-order valence-electron chi connectivity index (χ1n) is 18.9. The topological polar surface area (TPSA) is 183 Å². The molecular weight excluding hydrogens is 678 g/mol. The predicted octanol–water partition coefficient (Wildman–Crippen LogP) is 2.44. The normalized spacial score (nSPS) is 49.0. The molecule has 0 amide bonds. The van der Waals surface area contributed by atoms with Gasteiger partial charge in [-0.2, -0.15) is 0 Å². The molecule has 3 saturated heterocycles.